The summed E-state index contributed by atoms with van der Waals surface area (Å²) < 4.78 is 13.1. The molecular weight excluding hydrogens is 460 g/mol. The van der Waals surface area contributed by atoms with Gasteiger partial charge < -0.3 is 9.26 Å². The Morgan fingerprint density at radius 1 is 0.968 bits per heavy atom. The van der Waals surface area contributed by atoms with E-state index in [0.717, 1.165) is 4.47 Å². The van der Waals surface area contributed by atoms with Crippen LogP contribution in [0.2, 0.25) is 0 Å². The van der Waals surface area contributed by atoms with Crippen LogP contribution in [-0.4, -0.2) is 27.0 Å². The monoisotopic (exact) mass is 474 g/mol. The Hall–Kier alpha value is -3.78. The van der Waals surface area contributed by atoms with Crippen LogP contribution in [0, 0.1) is 0 Å². The first kappa shape index (κ1) is 19.2. The highest BCUT2D eigenvalue weighted by Gasteiger charge is 2.20. The number of rotatable bonds is 4. The molecule has 152 valence electrons. The molecule has 0 aliphatic heterocycles. The van der Waals surface area contributed by atoms with E-state index in [4.69, 9.17) is 9.26 Å². The molecule has 0 aliphatic carbocycles. The van der Waals surface area contributed by atoms with Crippen molar-refractivity contribution in [1.29, 1.82) is 0 Å². The standard InChI is InChI=1S/C23H15BrN4O3/c1-30-19-12-5-4-11-18(19)21-25-22(31-27-21)20-16-9-2-3-10-17(16)23(29)28(26-20)15-8-6-7-14(24)13-15/h2-13H,1H3. The van der Waals surface area contributed by atoms with Crippen LogP contribution >= 0.6 is 15.9 Å². The second kappa shape index (κ2) is 7.81. The van der Waals surface area contributed by atoms with Gasteiger partial charge >= 0.3 is 0 Å². The van der Waals surface area contributed by atoms with Crippen molar-refractivity contribution in [1.82, 2.24) is 19.9 Å². The molecule has 2 aromatic heterocycles. The van der Waals surface area contributed by atoms with Crippen molar-refractivity contribution in [3.63, 3.8) is 0 Å². The quantitative estimate of drug-likeness (QED) is 0.369. The van der Waals surface area contributed by atoms with Gasteiger partial charge in [0.1, 0.15) is 5.75 Å². The molecule has 0 amide bonds. The first-order valence-corrected chi connectivity index (χ1v) is 10.2. The van der Waals surface area contributed by atoms with Crippen molar-refractivity contribution in [2.75, 3.05) is 7.11 Å². The Bertz CT molecular complexity index is 1480. The summed E-state index contributed by atoms with van der Waals surface area (Å²) in [6, 6.07) is 22.0. The van der Waals surface area contributed by atoms with Gasteiger partial charge in [0.25, 0.3) is 11.4 Å². The van der Waals surface area contributed by atoms with Crippen LogP contribution in [0.15, 0.2) is 86.6 Å². The lowest BCUT2D eigenvalue weighted by molar-refractivity contribution is 0.413. The average Bonchev–Trinajstić information content (AvgIpc) is 3.29. The molecule has 0 bridgehead atoms. The van der Waals surface area contributed by atoms with Gasteiger partial charge in [0.15, 0.2) is 5.69 Å². The number of ether oxygens (including phenoxy) is 1. The van der Waals surface area contributed by atoms with Gasteiger partial charge in [-0.25, -0.2) is 0 Å². The van der Waals surface area contributed by atoms with Crippen molar-refractivity contribution >= 4 is 26.7 Å². The van der Waals surface area contributed by atoms with E-state index in [-0.39, 0.29) is 11.4 Å². The average molecular weight is 475 g/mol. The summed E-state index contributed by atoms with van der Waals surface area (Å²) in [5.74, 6) is 1.21. The van der Waals surface area contributed by atoms with Crippen LogP contribution in [0.4, 0.5) is 0 Å². The molecular formula is C23H15BrN4O3. The molecule has 3 aromatic carbocycles. The predicted molar refractivity (Wildman–Crippen MR) is 120 cm³/mol. The first-order valence-electron chi connectivity index (χ1n) is 9.41. The largest absolute Gasteiger partial charge is 0.496 e. The summed E-state index contributed by atoms with van der Waals surface area (Å²) in [6.07, 6.45) is 0. The fourth-order valence-corrected chi connectivity index (χ4v) is 3.78. The lowest BCUT2D eigenvalue weighted by Gasteiger charge is -2.09. The third-order valence-electron chi connectivity index (χ3n) is 4.83. The molecule has 0 spiro atoms. The molecule has 5 aromatic rings. The summed E-state index contributed by atoms with van der Waals surface area (Å²) in [7, 11) is 1.59. The molecule has 31 heavy (non-hydrogen) atoms. The number of halogens is 1. The maximum atomic E-state index is 13.1. The van der Waals surface area contributed by atoms with E-state index >= 15 is 0 Å². The number of fused-ring (bicyclic) bond motifs is 1. The van der Waals surface area contributed by atoms with Crippen molar-refractivity contribution in [2.24, 2.45) is 0 Å². The third-order valence-corrected chi connectivity index (χ3v) is 5.33. The zero-order chi connectivity index (χ0) is 21.4. The second-order valence-corrected chi connectivity index (χ2v) is 7.63. The van der Waals surface area contributed by atoms with E-state index in [0.29, 0.717) is 39.3 Å². The van der Waals surface area contributed by atoms with Gasteiger partial charge in [-0.1, -0.05) is 57.5 Å². The Labute approximate surface area is 185 Å². The molecule has 0 aliphatic rings. The van der Waals surface area contributed by atoms with Gasteiger partial charge in [-0.05, 0) is 36.4 Å². The van der Waals surface area contributed by atoms with Gasteiger partial charge in [-0.2, -0.15) is 14.8 Å². The minimum atomic E-state index is -0.234. The maximum Gasteiger partial charge on any atom is 0.279 e. The van der Waals surface area contributed by atoms with Crippen molar-refractivity contribution in [3.05, 3.63) is 87.6 Å². The van der Waals surface area contributed by atoms with E-state index in [1.807, 2.05) is 66.7 Å². The second-order valence-electron chi connectivity index (χ2n) is 6.71. The van der Waals surface area contributed by atoms with Gasteiger partial charge in [0.2, 0.25) is 5.82 Å². The Balaban J connectivity index is 1.73. The van der Waals surface area contributed by atoms with E-state index < -0.39 is 0 Å². The minimum Gasteiger partial charge on any atom is -0.496 e. The molecule has 7 nitrogen and oxygen atoms in total. The number of nitrogens with zero attached hydrogens (tertiary/aromatic N) is 4. The maximum absolute atomic E-state index is 13.1. The summed E-state index contributed by atoms with van der Waals surface area (Å²) in [5.41, 5.74) is 1.51. The number of hydrogen-bond donors (Lipinski definition) is 0. The number of aromatic nitrogens is 4. The van der Waals surface area contributed by atoms with Gasteiger partial charge in [-0.15, -0.1) is 0 Å². The summed E-state index contributed by atoms with van der Waals surface area (Å²) in [4.78, 5) is 17.7. The van der Waals surface area contributed by atoms with Crippen LogP contribution in [0.25, 0.3) is 39.4 Å². The van der Waals surface area contributed by atoms with Crippen LogP contribution in [0.5, 0.6) is 5.75 Å². The van der Waals surface area contributed by atoms with Crippen LogP contribution in [0.3, 0.4) is 0 Å². The number of benzene rings is 3. The molecule has 0 N–H and O–H groups in total. The van der Waals surface area contributed by atoms with Gasteiger partial charge in [0, 0.05) is 9.86 Å². The zero-order valence-electron chi connectivity index (χ0n) is 16.3. The molecule has 0 radical (unpaired) electrons. The summed E-state index contributed by atoms with van der Waals surface area (Å²) in [6.45, 7) is 0. The third kappa shape index (κ3) is 3.40. The Kier molecular flexibility index (Phi) is 4.83. The summed E-state index contributed by atoms with van der Waals surface area (Å²) in [5, 5.41) is 9.84. The topological polar surface area (TPSA) is 83.0 Å². The van der Waals surface area contributed by atoms with E-state index in [1.54, 1.807) is 13.2 Å². The van der Waals surface area contributed by atoms with Gasteiger partial charge in [0.05, 0.1) is 23.7 Å². The lowest BCUT2D eigenvalue weighted by Crippen LogP contribution is -2.22. The zero-order valence-corrected chi connectivity index (χ0v) is 17.9. The van der Waals surface area contributed by atoms with E-state index in [1.165, 1.54) is 4.68 Å². The molecule has 0 unspecified atom stereocenters. The van der Waals surface area contributed by atoms with Crippen molar-refractivity contribution in [3.8, 4) is 34.4 Å². The molecule has 2 heterocycles. The molecule has 5 rings (SSSR count). The fourth-order valence-electron chi connectivity index (χ4n) is 3.39. The Morgan fingerprint density at radius 3 is 2.55 bits per heavy atom. The normalized spacial score (nSPS) is 11.0. The van der Waals surface area contributed by atoms with Crippen LogP contribution in [-0.2, 0) is 0 Å². The molecule has 0 fully saturated rings. The SMILES string of the molecule is COc1ccccc1-c1noc(-c2nn(-c3cccc(Br)c3)c(=O)c3ccccc23)n1. The van der Waals surface area contributed by atoms with Crippen molar-refractivity contribution < 1.29 is 9.26 Å². The highest BCUT2D eigenvalue weighted by molar-refractivity contribution is 9.10. The first-order chi connectivity index (χ1) is 15.2. The van der Waals surface area contributed by atoms with E-state index in [9.17, 15) is 4.79 Å². The predicted octanol–water partition coefficient (Wildman–Crippen LogP) is 4.87. The fraction of sp³-hybridized carbons (Fsp3) is 0.0435. The van der Waals surface area contributed by atoms with Crippen LogP contribution < -0.4 is 10.3 Å². The molecule has 0 atom stereocenters. The number of methoxy groups -OCH3 is 1. The Morgan fingerprint density at radius 2 is 1.74 bits per heavy atom. The number of para-hydroxylation sites is 1. The summed E-state index contributed by atoms with van der Waals surface area (Å²) >= 11 is 3.44. The highest BCUT2D eigenvalue weighted by Crippen LogP contribution is 2.30. The molecule has 0 saturated carbocycles. The van der Waals surface area contributed by atoms with Gasteiger partial charge in [-0.3, -0.25) is 4.79 Å². The smallest absolute Gasteiger partial charge is 0.279 e. The van der Waals surface area contributed by atoms with Crippen molar-refractivity contribution in [2.45, 2.75) is 0 Å². The molecule has 8 heteroatoms. The minimum absolute atomic E-state index is 0.209. The van der Waals surface area contributed by atoms with E-state index in [2.05, 4.69) is 31.2 Å². The number of hydrogen-bond acceptors (Lipinski definition) is 6. The van der Waals surface area contributed by atoms with Crippen LogP contribution in [0.1, 0.15) is 0 Å². The molecule has 0 saturated heterocycles. The lowest BCUT2D eigenvalue weighted by atomic mass is 10.1. The highest BCUT2D eigenvalue weighted by atomic mass is 79.9.